The molecule has 1 fully saturated rings. The molecule has 0 spiro atoms. The van der Waals surface area contributed by atoms with Crippen molar-refractivity contribution >= 4 is 17.1 Å². The molecule has 0 aromatic heterocycles. The predicted molar refractivity (Wildman–Crippen MR) is 96.5 cm³/mol. The topological polar surface area (TPSA) is 15.3 Å². The molecule has 5 rings (SSSR count). The van der Waals surface area contributed by atoms with Crippen molar-refractivity contribution in [2.45, 2.75) is 44.6 Å². The Hall–Kier alpha value is -1.96. The van der Waals surface area contributed by atoms with Gasteiger partial charge >= 0.3 is 0 Å². The highest BCUT2D eigenvalue weighted by Gasteiger charge is 2.35. The van der Waals surface area contributed by atoms with Gasteiger partial charge in [0.2, 0.25) is 0 Å². The van der Waals surface area contributed by atoms with Crippen LogP contribution in [0.3, 0.4) is 0 Å². The Kier molecular flexibility index (Phi) is 3.10. The molecule has 0 amide bonds. The van der Waals surface area contributed by atoms with Gasteiger partial charge in [-0.3, -0.25) is 0 Å². The smallest absolute Gasteiger partial charge is 0.0646 e. The van der Waals surface area contributed by atoms with E-state index in [0.29, 0.717) is 6.04 Å². The number of hydrogen-bond donors (Lipinski definition) is 1. The van der Waals surface area contributed by atoms with Crippen LogP contribution in [0.5, 0.6) is 0 Å². The summed E-state index contributed by atoms with van der Waals surface area (Å²) in [6.45, 7) is 1.11. The Bertz CT molecular complexity index is 730. The summed E-state index contributed by atoms with van der Waals surface area (Å²) in [5, 5.41) is 3.94. The molecule has 0 saturated heterocycles. The number of hydrogen-bond acceptors (Lipinski definition) is 2. The van der Waals surface area contributed by atoms with E-state index in [0.717, 1.165) is 12.5 Å². The van der Waals surface area contributed by atoms with Gasteiger partial charge in [-0.05, 0) is 48.4 Å². The zero-order valence-corrected chi connectivity index (χ0v) is 13.6. The van der Waals surface area contributed by atoms with Crippen LogP contribution in [0, 0.1) is 5.92 Å². The van der Waals surface area contributed by atoms with E-state index >= 15 is 0 Å². The second-order valence-corrected chi connectivity index (χ2v) is 7.29. The third-order valence-electron chi connectivity index (χ3n) is 5.99. The van der Waals surface area contributed by atoms with Gasteiger partial charge in [0.1, 0.15) is 0 Å². The average molecular weight is 304 g/mol. The maximum Gasteiger partial charge on any atom is 0.0646 e. The maximum absolute atomic E-state index is 3.94. The first-order chi connectivity index (χ1) is 11.4. The summed E-state index contributed by atoms with van der Waals surface area (Å²) in [5.74, 6) is 0.767. The van der Waals surface area contributed by atoms with Crippen molar-refractivity contribution in [3.05, 3.63) is 53.6 Å². The summed E-state index contributed by atoms with van der Waals surface area (Å²) in [6.07, 6.45) is 8.10. The lowest BCUT2D eigenvalue weighted by Crippen LogP contribution is -2.23. The Morgan fingerprint density at radius 3 is 2.70 bits per heavy atom. The van der Waals surface area contributed by atoms with Crippen molar-refractivity contribution in [3.8, 4) is 0 Å². The Balaban J connectivity index is 1.68. The van der Waals surface area contributed by atoms with E-state index in [1.165, 1.54) is 66.7 Å². The van der Waals surface area contributed by atoms with Crippen molar-refractivity contribution in [1.29, 1.82) is 0 Å². The SMILES string of the molecule is c1ccc2c(c1)NC(C1CCCCC1)c1cccc3c1N2CC3. The maximum atomic E-state index is 3.94. The van der Waals surface area contributed by atoms with E-state index in [1.54, 1.807) is 0 Å². The van der Waals surface area contributed by atoms with E-state index < -0.39 is 0 Å². The van der Waals surface area contributed by atoms with Crippen LogP contribution < -0.4 is 10.2 Å². The lowest BCUT2D eigenvalue weighted by atomic mass is 9.80. The summed E-state index contributed by atoms with van der Waals surface area (Å²) in [4.78, 5) is 2.55. The van der Waals surface area contributed by atoms with E-state index in [1.807, 2.05) is 0 Å². The van der Waals surface area contributed by atoms with Crippen LogP contribution in [0.15, 0.2) is 42.5 Å². The van der Waals surface area contributed by atoms with Crippen LogP contribution in [0.25, 0.3) is 0 Å². The number of para-hydroxylation sites is 3. The largest absolute Gasteiger partial charge is 0.376 e. The number of benzene rings is 2. The van der Waals surface area contributed by atoms with Crippen LogP contribution in [-0.2, 0) is 6.42 Å². The molecule has 2 aliphatic heterocycles. The van der Waals surface area contributed by atoms with Gasteiger partial charge in [-0.15, -0.1) is 0 Å². The normalized spacial score (nSPS) is 23.0. The van der Waals surface area contributed by atoms with E-state index in [4.69, 9.17) is 0 Å². The second-order valence-electron chi connectivity index (χ2n) is 7.29. The minimum Gasteiger partial charge on any atom is -0.376 e. The van der Waals surface area contributed by atoms with Crippen LogP contribution in [0.4, 0.5) is 17.1 Å². The molecule has 23 heavy (non-hydrogen) atoms. The lowest BCUT2D eigenvalue weighted by molar-refractivity contribution is 0.321. The summed E-state index contributed by atoms with van der Waals surface area (Å²) < 4.78 is 0. The van der Waals surface area contributed by atoms with Gasteiger partial charge < -0.3 is 10.2 Å². The molecule has 0 radical (unpaired) electrons. The molecule has 2 nitrogen and oxygen atoms in total. The first kappa shape index (κ1) is 13.5. The van der Waals surface area contributed by atoms with Crippen molar-refractivity contribution in [3.63, 3.8) is 0 Å². The highest BCUT2D eigenvalue weighted by Crippen LogP contribution is 2.49. The Morgan fingerprint density at radius 1 is 0.913 bits per heavy atom. The van der Waals surface area contributed by atoms with Gasteiger partial charge in [-0.25, -0.2) is 0 Å². The molecule has 2 heterocycles. The molecule has 2 aromatic rings. The minimum absolute atomic E-state index is 0.467. The van der Waals surface area contributed by atoms with Crippen LogP contribution in [-0.4, -0.2) is 6.54 Å². The van der Waals surface area contributed by atoms with Crippen LogP contribution in [0.1, 0.15) is 49.3 Å². The van der Waals surface area contributed by atoms with Gasteiger partial charge in [0.25, 0.3) is 0 Å². The Labute approximate surface area is 138 Å². The standard InChI is InChI=1S/C21H24N2/c1-2-7-15(8-3-1)20-17-10-6-9-16-13-14-23(21(16)17)19-12-5-4-11-18(19)22-20/h4-6,9-12,15,20,22H,1-3,7-8,13-14H2. The van der Waals surface area contributed by atoms with Gasteiger partial charge in [0, 0.05) is 12.2 Å². The van der Waals surface area contributed by atoms with E-state index in [2.05, 4.69) is 52.7 Å². The molecule has 1 N–H and O–H groups in total. The summed E-state index contributed by atoms with van der Waals surface area (Å²) in [5.41, 5.74) is 7.23. The van der Waals surface area contributed by atoms with Gasteiger partial charge in [-0.1, -0.05) is 49.6 Å². The average Bonchev–Trinajstić information content (AvgIpc) is 2.98. The summed E-state index contributed by atoms with van der Waals surface area (Å²) in [6, 6.07) is 16.3. The quantitative estimate of drug-likeness (QED) is 0.756. The van der Waals surface area contributed by atoms with Crippen molar-refractivity contribution < 1.29 is 0 Å². The fourth-order valence-electron chi connectivity index (χ4n) is 4.89. The number of nitrogens with zero attached hydrogens (tertiary/aromatic N) is 1. The third kappa shape index (κ3) is 2.08. The first-order valence-electron chi connectivity index (χ1n) is 9.17. The molecular weight excluding hydrogens is 280 g/mol. The molecule has 118 valence electrons. The van der Waals surface area contributed by atoms with Crippen molar-refractivity contribution in [2.75, 3.05) is 16.8 Å². The predicted octanol–water partition coefficient (Wildman–Crippen LogP) is 5.43. The summed E-state index contributed by atoms with van der Waals surface area (Å²) in [7, 11) is 0. The molecular formula is C21H24N2. The molecule has 2 aromatic carbocycles. The van der Waals surface area contributed by atoms with E-state index in [9.17, 15) is 0 Å². The second kappa shape index (κ2) is 5.30. The molecule has 1 aliphatic carbocycles. The molecule has 0 bridgehead atoms. The minimum atomic E-state index is 0.467. The van der Waals surface area contributed by atoms with E-state index in [-0.39, 0.29) is 0 Å². The van der Waals surface area contributed by atoms with Gasteiger partial charge in [0.05, 0.1) is 17.4 Å². The Morgan fingerprint density at radius 2 is 1.78 bits per heavy atom. The number of nitrogens with one attached hydrogen (secondary N) is 1. The monoisotopic (exact) mass is 304 g/mol. The van der Waals surface area contributed by atoms with Gasteiger partial charge in [0.15, 0.2) is 0 Å². The number of anilines is 3. The van der Waals surface area contributed by atoms with Crippen LogP contribution >= 0.6 is 0 Å². The lowest BCUT2D eigenvalue weighted by Gasteiger charge is -2.32. The fraction of sp³-hybridized carbons (Fsp3) is 0.429. The van der Waals surface area contributed by atoms with Crippen molar-refractivity contribution in [2.24, 2.45) is 5.92 Å². The number of fused-ring (bicyclic) bond motifs is 2. The molecule has 1 unspecified atom stereocenters. The zero-order valence-electron chi connectivity index (χ0n) is 13.6. The number of rotatable bonds is 1. The molecule has 1 atom stereocenters. The van der Waals surface area contributed by atoms with Crippen LogP contribution in [0.2, 0.25) is 0 Å². The highest BCUT2D eigenvalue weighted by atomic mass is 15.2. The third-order valence-corrected chi connectivity index (χ3v) is 5.99. The highest BCUT2D eigenvalue weighted by molar-refractivity contribution is 5.84. The summed E-state index contributed by atoms with van der Waals surface area (Å²) >= 11 is 0. The van der Waals surface area contributed by atoms with Crippen molar-refractivity contribution in [1.82, 2.24) is 0 Å². The zero-order chi connectivity index (χ0) is 15.2. The molecule has 2 heteroatoms. The molecule has 3 aliphatic rings. The van der Waals surface area contributed by atoms with Gasteiger partial charge in [-0.2, -0.15) is 0 Å². The molecule has 1 saturated carbocycles. The fourth-order valence-corrected chi connectivity index (χ4v) is 4.89. The first-order valence-corrected chi connectivity index (χ1v) is 9.17.